The Morgan fingerprint density at radius 3 is 2.42 bits per heavy atom. The van der Waals surface area contributed by atoms with Gasteiger partial charge in [-0.3, -0.25) is 0 Å². The Balaban J connectivity index is 2.09. The summed E-state index contributed by atoms with van der Waals surface area (Å²) >= 11 is 0. The number of phenols is 2. The average molecular weight is 432 g/mol. The molecule has 6 nitrogen and oxygen atoms in total. The minimum absolute atomic E-state index is 0.0650. The first-order chi connectivity index (χ1) is 14.5. The smallest absolute Gasteiger partial charge is 0.294 e. The highest BCUT2D eigenvalue weighted by Gasteiger charge is 2.31. The Labute approximate surface area is 185 Å². The number of allylic oxidation sites excluding steroid dienone is 3. The predicted molar refractivity (Wildman–Crippen MR) is 123 cm³/mol. The Hall–Kier alpha value is -2.50. The number of unbranched alkanes of at least 4 members (excludes halogenated alkanes) is 3. The predicted octanol–water partition coefficient (Wildman–Crippen LogP) is 6.55. The molecule has 31 heavy (non-hydrogen) atoms. The zero-order valence-electron chi connectivity index (χ0n) is 19.3. The molecule has 6 heteroatoms. The van der Waals surface area contributed by atoms with Crippen molar-refractivity contribution in [2.45, 2.75) is 84.0 Å². The van der Waals surface area contributed by atoms with E-state index in [9.17, 15) is 20.3 Å². The van der Waals surface area contributed by atoms with Crippen molar-refractivity contribution in [3.05, 3.63) is 57.2 Å². The second kappa shape index (κ2) is 10.7. The molecular formula is C25H37NO5. The van der Waals surface area contributed by atoms with E-state index in [1.165, 1.54) is 5.57 Å². The van der Waals surface area contributed by atoms with Crippen molar-refractivity contribution in [1.82, 2.24) is 0 Å². The van der Waals surface area contributed by atoms with Gasteiger partial charge < -0.3 is 15.1 Å². The third-order valence-electron chi connectivity index (χ3n) is 6.52. The van der Waals surface area contributed by atoms with Crippen molar-refractivity contribution >= 4 is 0 Å². The standard InChI is InChI=1S/C25H37NO5/c1-17(2)20-11-10-18(3)14-21(20)24-22(27)15-19(16-23(24)28)25(4,5)12-8-6-7-9-13-31-26(29)30/h14-16,20-21,27-28H,1,6-13H2,2-5H3/t20-,21+/m0/s1. The minimum Gasteiger partial charge on any atom is -0.507 e. The van der Waals surface area contributed by atoms with Crippen molar-refractivity contribution in [2.24, 2.45) is 5.92 Å². The van der Waals surface area contributed by atoms with Crippen LogP contribution in [0.2, 0.25) is 0 Å². The van der Waals surface area contributed by atoms with Crippen molar-refractivity contribution in [3.63, 3.8) is 0 Å². The Bertz CT molecular complexity index is 804. The fraction of sp³-hybridized carbons (Fsp3) is 0.600. The van der Waals surface area contributed by atoms with E-state index in [1.807, 2.05) is 6.92 Å². The first-order valence-electron chi connectivity index (χ1n) is 11.2. The van der Waals surface area contributed by atoms with E-state index >= 15 is 0 Å². The number of rotatable bonds is 11. The summed E-state index contributed by atoms with van der Waals surface area (Å²) in [4.78, 5) is 14.5. The molecule has 0 saturated carbocycles. The number of hydrogen-bond donors (Lipinski definition) is 2. The van der Waals surface area contributed by atoms with Crippen LogP contribution in [-0.4, -0.2) is 21.9 Å². The monoisotopic (exact) mass is 431 g/mol. The first kappa shape index (κ1) is 24.8. The third kappa shape index (κ3) is 6.74. The van der Waals surface area contributed by atoms with Gasteiger partial charge in [0.05, 0.1) is 6.61 Å². The molecule has 0 amide bonds. The minimum atomic E-state index is -0.755. The lowest BCUT2D eigenvalue weighted by atomic mass is 9.72. The van der Waals surface area contributed by atoms with Crippen LogP contribution in [0.1, 0.15) is 89.7 Å². The van der Waals surface area contributed by atoms with E-state index in [2.05, 4.69) is 38.3 Å². The molecule has 2 rings (SSSR count). The van der Waals surface area contributed by atoms with Crippen molar-refractivity contribution in [1.29, 1.82) is 0 Å². The van der Waals surface area contributed by atoms with Crippen LogP contribution in [0.15, 0.2) is 35.9 Å². The molecule has 0 unspecified atom stereocenters. The summed E-state index contributed by atoms with van der Waals surface area (Å²) in [6.45, 7) is 12.6. The van der Waals surface area contributed by atoms with Gasteiger partial charge in [0.1, 0.15) is 11.5 Å². The van der Waals surface area contributed by atoms with Crippen LogP contribution in [0.25, 0.3) is 0 Å². The Kier molecular flexibility index (Phi) is 8.54. The van der Waals surface area contributed by atoms with Gasteiger partial charge in [0.15, 0.2) is 0 Å². The normalized spacial score (nSPS) is 19.0. The number of nitrogens with zero attached hydrogens (tertiary/aromatic N) is 1. The highest BCUT2D eigenvalue weighted by molar-refractivity contribution is 5.53. The van der Waals surface area contributed by atoms with E-state index in [-0.39, 0.29) is 35.4 Å². The van der Waals surface area contributed by atoms with E-state index in [0.29, 0.717) is 12.0 Å². The maximum Gasteiger partial charge on any atom is 0.294 e. The Morgan fingerprint density at radius 2 is 1.84 bits per heavy atom. The van der Waals surface area contributed by atoms with Crippen LogP contribution in [0.5, 0.6) is 11.5 Å². The summed E-state index contributed by atoms with van der Waals surface area (Å²) in [5.74, 6) is 0.424. The molecule has 0 radical (unpaired) electrons. The molecule has 1 aromatic carbocycles. The molecule has 0 heterocycles. The van der Waals surface area contributed by atoms with E-state index in [0.717, 1.165) is 49.7 Å². The molecule has 1 aromatic rings. The highest BCUT2D eigenvalue weighted by Crippen LogP contribution is 2.47. The maximum atomic E-state index is 10.9. The molecule has 1 aliphatic rings. The zero-order chi connectivity index (χ0) is 23.2. The van der Waals surface area contributed by atoms with Crippen molar-refractivity contribution in [3.8, 4) is 11.5 Å². The van der Waals surface area contributed by atoms with Crippen LogP contribution in [0.4, 0.5) is 0 Å². The molecule has 2 atom stereocenters. The maximum absolute atomic E-state index is 10.9. The van der Waals surface area contributed by atoms with Gasteiger partial charge in [-0.2, -0.15) is 0 Å². The van der Waals surface area contributed by atoms with Crippen LogP contribution >= 0.6 is 0 Å². The average Bonchev–Trinajstić information content (AvgIpc) is 2.66. The second-order valence-electron chi connectivity index (χ2n) is 9.56. The van der Waals surface area contributed by atoms with Crippen LogP contribution < -0.4 is 0 Å². The number of benzene rings is 1. The fourth-order valence-electron chi connectivity index (χ4n) is 4.57. The summed E-state index contributed by atoms with van der Waals surface area (Å²) < 4.78 is 0. The van der Waals surface area contributed by atoms with Crippen LogP contribution in [0, 0.1) is 16.0 Å². The lowest BCUT2D eigenvalue weighted by molar-refractivity contribution is -0.757. The van der Waals surface area contributed by atoms with Gasteiger partial charge in [-0.25, -0.2) is 0 Å². The third-order valence-corrected chi connectivity index (χ3v) is 6.52. The quantitative estimate of drug-likeness (QED) is 0.179. The van der Waals surface area contributed by atoms with E-state index in [1.54, 1.807) is 12.1 Å². The zero-order valence-corrected chi connectivity index (χ0v) is 19.3. The van der Waals surface area contributed by atoms with E-state index in [4.69, 9.17) is 0 Å². The van der Waals surface area contributed by atoms with Gasteiger partial charge in [-0.05, 0) is 68.6 Å². The van der Waals surface area contributed by atoms with Crippen LogP contribution in [0.3, 0.4) is 0 Å². The number of phenolic OH excluding ortho intramolecular Hbond substituents is 2. The molecule has 2 N–H and O–H groups in total. The molecule has 1 aliphatic carbocycles. The van der Waals surface area contributed by atoms with Gasteiger partial charge in [0.25, 0.3) is 5.09 Å². The summed E-state index contributed by atoms with van der Waals surface area (Å²) in [7, 11) is 0. The second-order valence-corrected chi connectivity index (χ2v) is 9.56. The molecule has 0 saturated heterocycles. The van der Waals surface area contributed by atoms with Gasteiger partial charge >= 0.3 is 0 Å². The highest BCUT2D eigenvalue weighted by atomic mass is 16.9. The fourth-order valence-corrected chi connectivity index (χ4v) is 4.57. The number of hydrogen-bond acceptors (Lipinski definition) is 5. The van der Waals surface area contributed by atoms with Gasteiger partial charge in [0, 0.05) is 11.5 Å². The molecule has 0 spiro atoms. The SMILES string of the molecule is C=C(C)[C@@H]1CCC(C)=C[C@H]1c1c(O)cc(C(C)(C)CCCCCCO[N+](=O)[O-])cc1O. The van der Waals surface area contributed by atoms with Gasteiger partial charge in [-0.15, -0.1) is 10.1 Å². The van der Waals surface area contributed by atoms with Crippen molar-refractivity contribution in [2.75, 3.05) is 6.61 Å². The summed E-state index contributed by atoms with van der Waals surface area (Å²) in [6, 6.07) is 3.60. The van der Waals surface area contributed by atoms with Gasteiger partial charge in [-0.1, -0.05) is 56.9 Å². The topological polar surface area (TPSA) is 92.8 Å². The number of aromatic hydroxyl groups is 2. The summed E-state index contributed by atoms with van der Waals surface area (Å²) in [5, 5.41) is 31.2. The molecular weight excluding hydrogens is 394 g/mol. The lowest BCUT2D eigenvalue weighted by Crippen LogP contribution is -2.19. The Morgan fingerprint density at radius 1 is 1.23 bits per heavy atom. The largest absolute Gasteiger partial charge is 0.507 e. The molecule has 172 valence electrons. The van der Waals surface area contributed by atoms with Gasteiger partial charge in [0.2, 0.25) is 0 Å². The molecule has 0 fully saturated rings. The molecule has 0 aromatic heterocycles. The molecule has 0 aliphatic heterocycles. The lowest BCUT2D eigenvalue weighted by Gasteiger charge is -2.32. The van der Waals surface area contributed by atoms with Crippen molar-refractivity contribution < 1.29 is 20.1 Å². The summed E-state index contributed by atoms with van der Waals surface area (Å²) in [5.41, 5.74) is 3.63. The summed E-state index contributed by atoms with van der Waals surface area (Å²) in [6.07, 6.45) is 8.47. The first-order valence-corrected chi connectivity index (χ1v) is 11.2. The van der Waals surface area contributed by atoms with E-state index < -0.39 is 5.09 Å². The van der Waals surface area contributed by atoms with Crippen LogP contribution in [-0.2, 0) is 10.3 Å². The molecule has 0 bridgehead atoms.